The van der Waals surface area contributed by atoms with Crippen LogP contribution in [0.1, 0.15) is 51.9 Å². The zero-order chi connectivity index (χ0) is 20.0. The molecule has 0 saturated heterocycles. The molecule has 0 rings (SSSR count). The lowest BCUT2D eigenvalue weighted by Crippen LogP contribution is -2.44. The van der Waals surface area contributed by atoms with Crippen molar-refractivity contribution in [2.75, 3.05) is 6.54 Å². The highest BCUT2D eigenvalue weighted by atomic mass is 32.2. The van der Waals surface area contributed by atoms with Crippen LogP contribution < -0.4 is 15.4 Å². The van der Waals surface area contributed by atoms with Gasteiger partial charge in [-0.2, -0.15) is 13.2 Å². The number of amides is 3. The summed E-state index contributed by atoms with van der Waals surface area (Å²) in [5.74, 6) is -0.487. The van der Waals surface area contributed by atoms with Crippen LogP contribution in [-0.4, -0.2) is 33.5 Å². The summed E-state index contributed by atoms with van der Waals surface area (Å²) in [6, 6.07) is -1.25. The summed E-state index contributed by atoms with van der Waals surface area (Å²) in [5, 5.41) is 2.99. The topological polar surface area (TPSA) is 108 Å². The minimum absolute atomic E-state index is 0.00473. The van der Waals surface area contributed by atoms with Crippen LogP contribution in [0.25, 0.3) is 0 Å². The second-order valence-corrected chi connectivity index (χ2v) is 6.36. The first kappa shape index (κ1) is 24.4. The third-order valence-electron chi connectivity index (χ3n) is 3.42. The van der Waals surface area contributed by atoms with Gasteiger partial charge >= 0.3 is 12.3 Å². The number of unbranched alkanes of at least 4 members (excludes halogenated alkanes) is 4. The molecule has 26 heavy (non-hydrogen) atoms. The van der Waals surface area contributed by atoms with Gasteiger partial charge in [-0.3, -0.25) is 14.1 Å². The van der Waals surface area contributed by atoms with Crippen LogP contribution in [-0.2, 0) is 16.1 Å². The maximum atomic E-state index is 11.8. The van der Waals surface area contributed by atoms with Gasteiger partial charge in [-0.15, -0.1) is 0 Å². The smallest absolute Gasteiger partial charge is 0.338 e. The summed E-state index contributed by atoms with van der Waals surface area (Å²) in [6.07, 6.45) is 3.93. The first-order valence-corrected chi connectivity index (χ1v) is 9.44. The second-order valence-electron chi connectivity index (χ2n) is 5.66. The Labute approximate surface area is 153 Å². The number of nitrogens with one attached hydrogen (secondary N) is 3. The van der Waals surface area contributed by atoms with Gasteiger partial charge in [0.25, 0.3) is 11.3 Å². The Morgan fingerprint density at radius 2 is 1.85 bits per heavy atom. The highest BCUT2D eigenvalue weighted by Crippen LogP contribution is 2.12. The maximum absolute atomic E-state index is 11.8. The molecule has 0 aromatic rings. The van der Waals surface area contributed by atoms with Crippen LogP contribution in [0.15, 0.2) is 12.2 Å². The predicted molar refractivity (Wildman–Crippen MR) is 92.1 cm³/mol. The Hall–Kier alpha value is -1.62. The van der Waals surface area contributed by atoms with E-state index in [-0.39, 0.29) is 18.9 Å². The maximum Gasteiger partial charge on any atom is 0.485 e. The second kappa shape index (κ2) is 13.6. The van der Waals surface area contributed by atoms with Gasteiger partial charge in [0.15, 0.2) is 0 Å². The van der Waals surface area contributed by atoms with Gasteiger partial charge in [-0.25, -0.2) is 14.3 Å². The minimum atomic E-state index is -4.72. The van der Waals surface area contributed by atoms with Crippen molar-refractivity contribution in [2.45, 2.75) is 58.2 Å². The van der Waals surface area contributed by atoms with Crippen molar-refractivity contribution in [1.29, 1.82) is 0 Å². The number of hydrogen-bond acceptors (Lipinski definition) is 3. The van der Waals surface area contributed by atoms with Gasteiger partial charge in [0.05, 0.1) is 0 Å². The zero-order valence-electron chi connectivity index (χ0n) is 14.6. The van der Waals surface area contributed by atoms with Crippen molar-refractivity contribution in [1.82, 2.24) is 15.4 Å². The molecule has 0 aromatic carbocycles. The fourth-order valence-corrected chi connectivity index (χ4v) is 2.41. The van der Waals surface area contributed by atoms with Gasteiger partial charge in [0.1, 0.15) is 0 Å². The van der Waals surface area contributed by atoms with Gasteiger partial charge in [0, 0.05) is 13.0 Å². The molecule has 0 heterocycles. The van der Waals surface area contributed by atoms with E-state index in [0.29, 0.717) is 6.42 Å². The lowest BCUT2D eigenvalue weighted by molar-refractivity contribution is -0.145. The lowest BCUT2D eigenvalue weighted by Gasteiger charge is -2.09. The molecule has 0 aliphatic rings. The predicted octanol–water partition coefficient (Wildman–Crippen LogP) is 2.98. The molecule has 7 nitrogen and oxygen atoms in total. The van der Waals surface area contributed by atoms with E-state index in [9.17, 15) is 27.0 Å². The molecule has 0 saturated carbocycles. The average Bonchev–Trinajstić information content (AvgIpc) is 2.49. The summed E-state index contributed by atoms with van der Waals surface area (Å²) in [7, 11) is 0. The first-order valence-electron chi connectivity index (χ1n) is 8.33. The summed E-state index contributed by atoms with van der Waals surface area (Å²) in [4.78, 5) is 22.2. The van der Waals surface area contributed by atoms with Crippen LogP contribution in [0.4, 0.5) is 18.0 Å². The number of rotatable bonds is 12. The standard InChI is InChI=1S/C15H26F3N3O4S/c1-2-12(11-13(22)21-26(24)25)9-7-5-3-4-6-8-10-19-14(23)20-15(16,17)18/h7,9,12H,2-6,8,10-11H2,1H3,(H,21,22)(H,24,25)(H2,19,20,23). The Bertz CT molecular complexity index is 487. The van der Waals surface area contributed by atoms with E-state index in [1.54, 1.807) is 0 Å². The van der Waals surface area contributed by atoms with E-state index in [1.165, 1.54) is 0 Å². The average molecular weight is 401 g/mol. The Balaban J connectivity index is 3.72. The molecule has 0 spiro atoms. The van der Waals surface area contributed by atoms with Gasteiger partial charge < -0.3 is 5.32 Å². The third-order valence-corrected chi connectivity index (χ3v) is 3.82. The SMILES string of the molecule is CCC(C=CCCCCCCNC(=O)NC(F)(F)F)CC(=O)NS(=O)O. The Morgan fingerprint density at radius 1 is 1.19 bits per heavy atom. The number of carbonyl (C=O) groups excluding carboxylic acids is 2. The Kier molecular flexibility index (Phi) is 12.7. The van der Waals surface area contributed by atoms with E-state index in [2.05, 4.69) is 5.32 Å². The monoisotopic (exact) mass is 401 g/mol. The summed E-state index contributed by atoms with van der Waals surface area (Å²) >= 11 is -2.34. The zero-order valence-corrected chi connectivity index (χ0v) is 15.4. The molecule has 0 aliphatic heterocycles. The molecule has 0 radical (unpaired) electrons. The molecule has 152 valence electrons. The van der Waals surface area contributed by atoms with Crippen LogP contribution in [0.3, 0.4) is 0 Å². The van der Waals surface area contributed by atoms with Crippen LogP contribution in [0.5, 0.6) is 0 Å². The van der Waals surface area contributed by atoms with Crippen molar-refractivity contribution in [2.24, 2.45) is 5.92 Å². The lowest BCUT2D eigenvalue weighted by atomic mass is 10.0. The number of hydrogen-bond donors (Lipinski definition) is 4. The summed E-state index contributed by atoms with van der Waals surface area (Å²) in [6.45, 7) is 2.09. The van der Waals surface area contributed by atoms with E-state index in [1.807, 2.05) is 23.8 Å². The van der Waals surface area contributed by atoms with E-state index in [4.69, 9.17) is 4.55 Å². The van der Waals surface area contributed by atoms with Gasteiger partial charge in [0.2, 0.25) is 5.91 Å². The fourth-order valence-electron chi connectivity index (χ4n) is 2.13. The number of urea groups is 1. The van der Waals surface area contributed by atoms with Crippen molar-refractivity contribution in [3.05, 3.63) is 12.2 Å². The normalized spacial score (nSPS) is 14.0. The van der Waals surface area contributed by atoms with E-state index in [0.717, 1.165) is 37.4 Å². The summed E-state index contributed by atoms with van der Waals surface area (Å²) in [5.41, 5.74) is 0. The molecule has 0 bridgehead atoms. The molecule has 2 atom stereocenters. The molecule has 4 N–H and O–H groups in total. The van der Waals surface area contributed by atoms with Crippen LogP contribution >= 0.6 is 0 Å². The fraction of sp³-hybridized carbons (Fsp3) is 0.733. The highest BCUT2D eigenvalue weighted by molar-refractivity contribution is 7.77. The molecule has 3 amide bonds. The molecular weight excluding hydrogens is 375 g/mol. The van der Waals surface area contributed by atoms with Crippen molar-refractivity contribution >= 4 is 23.2 Å². The molecule has 0 aromatic heterocycles. The first-order chi connectivity index (χ1) is 12.1. The van der Waals surface area contributed by atoms with Crippen molar-refractivity contribution in [3.63, 3.8) is 0 Å². The molecule has 0 fully saturated rings. The van der Waals surface area contributed by atoms with Crippen molar-refractivity contribution in [3.8, 4) is 0 Å². The number of allylic oxidation sites excluding steroid dienone is 2. The summed E-state index contributed by atoms with van der Waals surface area (Å²) < 4.78 is 56.5. The molecule has 2 unspecified atom stereocenters. The largest absolute Gasteiger partial charge is 0.485 e. The van der Waals surface area contributed by atoms with E-state index >= 15 is 0 Å². The number of carbonyl (C=O) groups is 2. The van der Waals surface area contributed by atoms with Crippen LogP contribution in [0, 0.1) is 5.92 Å². The highest BCUT2D eigenvalue weighted by Gasteiger charge is 2.29. The van der Waals surface area contributed by atoms with Crippen LogP contribution in [0.2, 0.25) is 0 Å². The minimum Gasteiger partial charge on any atom is -0.338 e. The quantitative estimate of drug-likeness (QED) is 0.174. The molecule has 0 aliphatic carbocycles. The molecule has 11 heteroatoms. The molecular formula is C15H26F3N3O4S. The third kappa shape index (κ3) is 15.9. The van der Waals surface area contributed by atoms with Crippen molar-refractivity contribution < 1.29 is 31.5 Å². The van der Waals surface area contributed by atoms with E-state index < -0.39 is 29.5 Å². The van der Waals surface area contributed by atoms with Gasteiger partial charge in [-0.1, -0.05) is 31.9 Å². The Morgan fingerprint density at radius 3 is 2.42 bits per heavy atom. The number of halogens is 3. The number of alkyl halides is 3. The van der Waals surface area contributed by atoms with Gasteiger partial charge in [-0.05, 0) is 31.6 Å².